The van der Waals surface area contributed by atoms with E-state index in [1.807, 2.05) is 0 Å². The Bertz CT molecular complexity index is 2430. The van der Waals surface area contributed by atoms with E-state index >= 15 is 0 Å². The second-order valence-electron chi connectivity index (χ2n) is 28.5. The van der Waals surface area contributed by atoms with E-state index in [9.17, 15) is 63.6 Å². The van der Waals surface area contributed by atoms with Crippen molar-refractivity contribution in [2.75, 3.05) is 6.54 Å². The van der Waals surface area contributed by atoms with E-state index in [2.05, 4.69) is 54.1 Å². The molecule has 570 valence electrons. The highest BCUT2D eigenvalue weighted by Gasteiger charge is 2.39. The van der Waals surface area contributed by atoms with Gasteiger partial charge < -0.3 is 97.0 Å². The van der Waals surface area contributed by atoms with Gasteiger partial charge in [0.1, 0.15) is 30.2 Å². The van der Waals surface area contributed by atoms with Crippen molar-refractivity contribution < 1.29 is 63.6 Å². The molecular formula is C71H133N15O13. The van der Waals surface area contributed by atoms with Crippen molar-refractivity contribution in [1.29, 1.82) is 0 Å². The summed E-state index contributed by atoms with van der Waals surface area (Å²) in [5, 5.41) is 59.4. The average molecular weight is 1400 g/mol. The lowest BCUT2D eigenvalue weighted by atomic mass is 9.93. The summed E-state index contributed by atoms with van der Waals surface area (Å²) in [5.74, 6) is -9.57. The number of aliphatic hydroxyl groups is 3. The van der Waals surface area contributed by atoms with Crippen molar-refractivity contribution in [1.82, 2.24) is 47.2 Å². The molecule has 28 heteroatoms. The standard InChI is InChI=1S/C71H133N15O13/c1-5-6-19-28-49(72)29-20-11-7-12-21-30-50(73)31-22-13-8-14-23-32-51(74)33-24-15-9-16-25-34-52(75)35-26-17-10-18-27-36-54(87)37-38-79-62(91)41-55(88)40-60(89)65(47(2)3)85-70(97)66-48(4)81-64(93)44-59(68(95)83-58(43-61(77)90)69(96)86-66)84-67(94)57(39-53-45-78-46-80-53)82-63(92)42-56(76)71(98)99/h45-52,54-60,65-66,87-89H,5-44,72-76H2,1-4H3,(H2,77,90)(H,78,80)(H,79,91)(H,81,93)(H,82,92)(H,83,95)(H,84,94)(H,85,97)(H,86,96)(H,98,99)/t48-,49?,50?,51?,52?,54?,55?,56+,57+,58+,59-,60+,65-,66-/m1/s1. The summed E-state index contributed by atoms with van der Waals surface area (Å²) in [6.45, 7) is 7.10. The fourth-order valence-corrected chi connectivity index (χ4v) is 12.6. The second-order valence-corrected chi connectivity index (χ2v) is 28.5. The summed E-state index contributed by atoms with van der Waals surface area (Å²) in [6.07, 6.45) is 33.3. The average Bonchev–Trinajstić information content (AvgIpc) is 1.82. The Balaban J connectivity index is 1.65. The first-order valence-electron chi connectivity index (χ1n) is 37.6. The molecule has 8 amide bonds. The van der Waals surface area contributed by atoms with Crippen LogP contribution in [-0.2, 0) is 49.6 Å². The Labute approximate surface area is 589 Å². The number of carboxylic acids is 1. The third kappa shape index (κ3) is 42.9. The number of nitrogens with two attached hydrogens (primary N) is 6. The van der Waals surface area contributed by atoms with E-state index in [-0.39, 0.29) is 25.4 Å². The molecule has 1 aliphatic heterocycles. The third-order valence-corrected chi connectivity index (χ3v) is 18.8. The quantitative estimate of drug-likeness (QED) is 0.0412. The molecule has 0 aromatic carbocycles. The number of carbonyl (C=O) groups is 9. The molecule has 6 unspecified atom stereocenters. The number of hydrogen-bond donors (Lipinski definition) is 18. The number of nitrogens with one attached hydrogen (secondary N) is 8. The molecule has 1 fully saturated rings. The highest BCUT2D eigenvalue weighted by atomic mass is 16.4. The van der Waals surface area contributed by atoms with Gasteiger partial charge in [0.2, 0.25) is 47.3 Å². The topological polar surface area (TPSA) is 504 Å². The molecule has 24 N–H and O–H groups in total. The Kier molecular flexibility index (Phi) is 47.8. The lowest BCUT2D eigenvalue weighted by Gasteiger charge is -2.32. The van der Waals surface area contributed by atoms with Gasteiger partial charge in [0, 0.05) is 55.4 Å². The fraction of sp³-hybridized carbons (Fsp3) is 0.831. The number of amides is 8. The third-order valence-electron chi connectivity index (χ3n) is 18.8. The van der Waals surface area contributed by atoms with E-state index in [1.54, 1.807) is 13.8 Å². The number of unbranched alkanes of at least 4 members (excludes halogenated alkanes) is 18. The van der Waals surface area contributed by atoms with Gasteiger partial charge in [-0.05, 0) is 77.0 Å². The number of H-pyrrole nitrogens is 1. The first-order chi connectivity index (χ1) is 47.2. The number of primary amides is 1. The van der Waals surface area contributed by atoms with Gasteiger partial charge in [-0.15, -0.1) is 0 Å². The minimum Gasteiger partial charge on any atom is -0.480 e. The van der Waals surface area contributed by atoms with Crippen molar-refractivity contribution >= 4 is 53.2 Å². The van der Waals surface area contributed by atoms with Gasteiger partial charge in [-0.2, -0.15) is 0 Å². The summed E-state index contributed by atoms with van der Waals surface area (Å²) in [4.78, 5) is 125. The van der Waals surface area contributed by atoms with Crippen LogP contribution in [0.3, 0.4) is 0 Å². The molecule has 1 saturated heterocycles. The smallest absolute Gasteiger partial charge is 0.321 e. The van der Waals surface area contributed by atoms with Crippen LogP contribution in [0.2, 0.25) is 0 Å². The van der Waals surface area contributed by atoms with Crippen LogP contribution in [-0.4, -0.2) is 175 Å². The van der Waals surface area contributed by atoms with Crippen molar-refractivity contribution in [3.05, 3.63) is 18.2 Å². The van der Waals surface area contributed by atoms with Crippen LogP contribution in [0, 0.1) is 5.92 Å². The Morgan fingerprint density at radius 3 is 1.52 bits per heavy atom. The number of carboxylic acid groups (broad SMARTS) is 1. The minimum atomic E-state index is -1.76. The second kappa shape index (κ2) is 53.0. The van der Waals surface area contributed by atoms with E-state index in [0.717, 1.165) is 77.0 Å². The molecule has 2 heterocycles. The number of hydrogen-bond acceptors (Lipinski definition) is 18. The predicted molar refractivity (Wildman–Crippen MR) is 383 cm³/mol. The van der Waals surface area contributed by atoms with E-state index in [1.165, 1.54) is 141 Å². The fourth-order valence-electron chi connectivity index (χ4n) is 12.6. The summed E-state index contributed by atoms with van der Waals surface area (Å²) in [6, 6.07) is -9.31. The van der Waals surface area contributed by atoms with E-state index in [4.69, 9.17) is 34.4 Å². The number of aromatic nitrogens is 2. The summed E-state index contributed by atoms with van der Waals surface area (Å²) < 4.78 is 0. The van der Waals surface area contributed by atoms with Crippen molar-refractivity contribution in [2.24, 2.45) is 40.3 Å². The number of nitrogens with zero attached hydrogens (tertiary/aromatic N) is 1. The molecular weight excluding hydrogens is 1270 g/mol. The van der Waals surface area contributed by atoms with Crippen molar-refractivity contribution in [2.45, 2.75) is 363 Å². The Morgan fingerprint density at radius 2 is 1.07 bits per heavy atom. The van der Waals surface area contributed by atoms with Crippen LogP contribution in [0.25, 0.3) is 0 Å². The zero-order chi connectivity index (χ0) is 73.5. The molecule has 28 nitrogen and oxygen atoms in total. The molecule has 0 saturated carbocycles. The molecule has 1 aromatic rings. The van der Waals surface area contributed by atoms with Crippen LogP contribution in [0.15, 0.2) is 12.5 Å². The molecule has 0 aliphatic carbocycles. The first kappa shape index (κ1) is 89.2. The van der Waals surface area contributed by atoms with Crippen LogP contribution in [0.5, 0.6) is 0 Å². The first-order valence-corrected chi connectivity index (χ1v) is 37.6. The van der Waals surface area contributed by atoms with Gasteiger partial charge in [-0.3, -0.25) is 43.2 Å². The number of aromatic amines is 1. The van der Waals surface area contributed by atoms with Gasteiger partial charge in [0.15, 0.2) is 0 Å². The van der Waals surface area contributed by atoms with Gasteiger partial charge in [-0.25, -0.2) is 4.98 Å². The maximum absolute atomic E-state index is 14.1. The Hall–Kier alpha value is -5.88. The molecule has 99 heavy (non-hydrogen) atoms. The van der Waals surface area contributed by atoms with Crippen LogP contribution < -0.4 is 71.6 Å². The molecule has 2 rings (SSSR count). The van der Waals surface area contributed by atoms with E-state index in [0.29, 0.717) is 36.7 Å². The molecule has 0 radical (unpaired) electrons. The Morgan fingerprint density at radius 1 is 0.596 bits per heavy atom. The molecule has 0 bridgehead atoms. The number of aliphatic carboxylic acids is 1. The van der Waals surface area contributed by atoms with E-state index < -0.39 is 145 Å². The van der Waals surface area contributed by atoms with Crippen LogP contribution in [0.4, 0.5) is 0 Å². The monoisotopic (exact) mass is 1400 g/mol. The highest BCUT2D eigenvalue weighted by Crippen LogP contribution is 2.20. The molecule has 1 aromatic heterocycles. The number of rotatable bonds is 57. The summed E-state index contributed by atoms with van der Waals surface area (Å²) in [5.41, 5.74) is 36.9. The van der Waals surface area contributed by atoms with Gasteiger partial charge >= 0.3 is 5.97 Å². The summed E-state index contributed by atoms with van der Waals surface area (Å²) in [7, 11) is 0. The zero-order valence-corrected chi connectivity index (χ0v) is 60.5. The van der Waals surface area contributed by atoms with Crippen molar-refractivity contribution in [3.63, 3.8) is 0 Å². The SMILES string of the molecule is CCCCCC(N)CCCCCCCC(N)CCCCCCCC(N)CCCCCCCC(N)CCCCCCCC(O)CCNC(=O)CC(O)C[C@H](O)[C@H](NC(=O)[C@@H]1NC(=O)[C@H](CC(N)=O)NC(=O)[C@H](NC(=O)[C@H](Cc2cnc[nH]2)NC(=O)C[C@H](N)C(=O)O)CC(=O)N[C@@H]1C)C(C)C. The highest BCUT2D eigenvalue weighted by molar-refractivity contribution is 5.99. The largest absolute Gasteiger partial charge is 0.480 e. The van der Waals surface area contributed by atoms with Crippen LogP contribution in [0.1, 0.15) is 277 Å². The lowest BCUT2D eigenvalue weighted by molar-refractivity contribution is -0.140. The normalized spacial score (nSPS) is 19.1. The molecule has 0 spiro atoms. The van der Waals surface area contributed by atoms with Gasteiger partial charge in [0.05, 0.1) is 62.4 Å². The summed E-state index contributed by atoms with van der Waals surface area (Å²) >= 11 is 0. The molecule has 1 aliphatic rings. The molecule has 14 atom stereocenters. The zero-order valence-electron chi connectivity index (χ0n) is 60.5. The maximum atomic E-state index is 14.1. The van der Waals surface area contributed by atoms with Gasteiger partial charge in [0.25, 0.3) is 0 Å². The number of aliphatic hydroxyl groups excluding tert-OH is 3. The predicted octanol–water partition coefficient (Wildman–Crippen LogP) is 3.80. The maximum Gasteiger partial charge on any atom is 0.321 e. The van der Waals surface area contributed by atoms with Crippen LogP contribution >= 0.6 is 0 Å². The van der Waals surface area contributed by atoms with Crippen molar-refractivity contribution in [3.8, 4) is 0 Å². The number of imidazole rings is 1. The minimum absolute atomic E-state index is 0.169. The van der Waals surface area contributed by atoms with Gasteiger partial charge in [-0.1, -0.05) is 168 Å². The number of carbonyl (C=O) groups excluding carboxylic acids is 8. The lowest BCUT2D eigenvalue weighted by Crippen LogP contribution is -2.62.